The third-order valence-electron chi connectivity index (χ3n) is 1.65. The number of aryl methyl sites for hydroxylation is 1. The molecule has 0 radical (unpaired) electrons. The van der Waals surface area contributed by atoms with E-state index in [4.69, 9.17) is 11.6 Å². The summed E-state index contributed by atoms with van der Waals surface area (Å²) >= 11 is 5.81. The largest absolute Gasteiger partial charge is 0.327 e. The SMILES string of the molecule is CCc1ccc(Cl)c(NC=O)c1. The van der Waals surface area contributed by atoms with Crippen LogP contribution in [-0.2, 0) is 11.2 Å². The van der Waals surface area contributed by atoms with E-state index in [1.54, 1.807) is 6.07 Å². The Hall–Kier alpha value is -1.02. The van der Waals surface area contributed by atoms with Crippen molar-refractivity contribution in [3.63, 3.8) is 0 Å². The van der Waals surface area contributed by atoms with E-state index >= 15 is 0 Å². The molecule has 0 saturated heterocycles. The van der Waals surface area contributed by atoms with Crippen LogP contribution in [0.3, 0.4) is 0 Å². The van der Waals surface area contributed by atoms with Crippen LogP contribution in [0, 0.1) is 0 Å². The quantitative estimate of drug-likeness (QED) is 0.717. The van der Waals surface area contributed by atoms with Crippen molar-refractivity contribution in [3.8, 4) is 0 Å². The van der Waals surface area contributed by atoms with Gasteiger partial charge >= 0.3 is 0 Å². The molecule has 0 unspecified atom stereocenters. The van der Waals surface area contributed by atoms with Gasteiger partial charge in [-0.3, -0.25) is 4.79 Å². The minimum atomic E-state index is 0.569. The summed E-state index contributed by atoms with van der Waals surface area (Å²) in [6.45, 7) is 2.05. The molecule has 0 fully saturated rings. The van der Waals surface area contributed by atoms with Gasteiger partial charge in [0.2, 0.25) is 6.41 Å². The average Bonchev–Trinajstić information content (AvgIpc) is 2.09. The van der Waals surface area contributed by atoms with Crippen LogP contribution in [0.4, 0.5) is 5.69 Å². The summed E-state index contributed by atoms with van der Waals surface area (Å²) in [4.78, 5) is 10.2. The third kappa shape index (κ3) is 1.98. The molecule has 0 aliphatic carbocycles. The lowest BCUT2D eigenvalue weighted by molar-refractivity contribution is -0.105. The molecule has 64 valence electrons. The van der Waals surface area contributed by atoms with Gasteiger partial charge in [0.25, 0.3) is 0 Å². The monoisotopic (exact) mass is 183 g/mol. The summed E-state index contributed by atoms with van der Waals surface area (Å²) in [6, 6.07) is 5.60. The number of carbonyl (C=O) groups is 1. The third-order valence-corrected chi connectivity index (χ3v) is 1.98. The van der Waals surface area contributed by atoms with Crippen LogP contribution >= 0.6 is 11.6 Å². The molecule has 1 N–H and O–H groups in total. The second kappa shape index (κ2) is 4.12. The van der Waals surface area contributed by atoms with E-state index in [1.807, 2.05) is 19.1 Å². The van der Waals surface area contributed by atoms with Crippen LogP contribution in [-0.4, -0.2) is 6.41 Å². The molecule has 1 aromatic rings. The first kappa shape index (κ1) is 9.07. The molecule has 0 aliphatic heterocycles. The number of benzene rings is 1. The molecule has 0 aliphatic rings. The van der Waals surface area contributed by atoms with Gasteiger partial charge in [0.1, 0.15) is 0 Å². The maximum Gasteiger partial charge on any atom is 0.211 e. The Morgan fingerprint density at radius 3 is 2.92 bits per heavy atom. The van der Waals surface area contributed by atoms with Gasteiger partial charge in [-0.25, -0.2) is 0 Å². The Labute approximate surface area is 76.5 Å². The lowest BCUT2D eigenvalue weighted by Gasteiger charge is -2.03. The van der Waals surface area contributed by atoms with Gasteiger partial charge in [-0.15, -0.1) is 0 Å². The van der Waals surface area contributed by atoms with E-state index in [1.165, 1.54) is 0 Å². The van der Waals surface area contributed by atoms with Crippen molar-refractivity contribution < 1.29 is 4.79 Å². The van der Waals surface area contributed by atoms with Crippen molar-refractivity contribution in [3.05, 3.63) is 28.8 Å². The highest BCUT2D eigenvalue weighted by molar-refractivity contribution is 6.33. The van der Waals surface area contributed by atoms with Gasteiger partial charge in [0.05, 0.1) is 10.7 Å². The van der Waals surface area contributed by atoms with Crippen LogP contribution in [0.15, 0.2) is 18.2 Å². The number of rotatable bonds is 3. The van der Waals surface area contributed by atoms with Crippen molar-refractivity contribution in [2.75, 3.05) is 5.32 Å². The summed E-state index contributed by atoms with van der Waals surface area (Å²) in [5, 5.41) is 3.11. The highest BCUT2D eigenvalue weighted by atomic mass is 35.5. The second-order valence-corrected chi connectivity index (χ2v) is 2.84. The number of halogens is 1. The van der Waals surface area contributed by atoms with Crippen LogP contribution < -0.4 is 5.32 Å². The minimum Gasteiger partial charge on any atom is -0.327 e. The van der Waals surface area contributed by atoms with Crippen LogP contribution in [0.1, 0.15) is 12.5 Å². The van der Waals surface area contributed by atoms with Gasteiger partial charge in [-0.2, -0.15) is 0 Å². The Balaban J connectivity index is 2.99. The summed E-state index contributed by atoms with van der Waals surface area (Å²) in [5.74, 6) is 0. The number of hydrogen-bond donors (Lipinski definition) is 1. The Morgan fingerprint density at radius 2 is 2.33 bits per heavy atom. The topological polar surface area (TPSA) is 29.1 Å². The number of carbonyl (C=O) groups excluding carboxylic acids is 1. The standard InChI is InChI=1S/C9H10ClNO/c1-2-7-3-4-8(10)9(5-7)11-6-12/h3-6H,2H2,1H3,(H,11,12). The zero-order valence-electron chi connectivity index (χ0n) is 6.80. The molecule has 12 heavy (non-hydrogen) atoms. The molecule has 2 nitrogen and oxygen atoms in total. The van der Waals surface area contributed by atoms with Crippen LogP contribution in [0.2, 0.25) is 5.02 Å². The lowest BCUT2D eigenvalue weighted by Crippen LogP contribution is -1.95. The summed E-state index contributed by atoms with van der Waals surface area (Å²) in [7, 11) is 0. The minimum absolute atomic E-state index is 0.569. The fourth-order valence-corrected chi connectivity index (χ4v) is 1.14. The molecule has 1 aromatic carbocycles. The fourth-order valence-electron chi connectivity index (χ4n) is 0.966. The molecule has 0 aromatic heterocycles. The van der Waals surface area contributed by atoms with Crippen molar-refractivity contribution in [2.24, 2.45) is 0 Å². The predicted molar refractivity (Wildman–Crippen MR) is 50.5 cm³/mol. The Bertz CT molecular complexity index is 286. The first-order chi connectivity index (χ1) is 5.77. The van der Waals surface area contributed by atoms with E-state index in [0.717, 1.165) is 12.0 Å². The zero-order chi connectivity index (χ0) is 8.97. The second-order valence-electron chi connectivity index (χ2n) is 2.43. The molecule has 0 spiro atoms. The Kier molecular flexibility index (Phi) is 3.11. The molecular weight excluding hydrogens is 174 g/mol. The fraction of sp³-hybridized carbons (Fsp3) is 0.222. The average molecular weight is 184 g/mol. The molecule has 0 saturated carbocycles. The molecule has 0 bridgehead atoms. The van der Waals surface area contributed by atoms with Gasteiger partial charge in [-0.1, -0.05) is 24.6 Å². The van der Waals surface area contributed by atoms with Crippen LogP contribution in [0.25, 0.3) is 0 Å². The van der Waals surface area contributed by atoms with Crippen molar-refractivity contribution in [1.82, 2.24) is 0 Å². The van der Waals surface area contributed by atoms with E-state index in [0.29, 0.717) is 17.1 Å². The van der Waals surface area contributed by atoms with E-state index in [2.05, 4.69) is 5.32 Å². The lowest BCUT2D eigenvalue weighted by atomic mass is 10.1. The normalized spacial score (nSPS) is 9.50. The van der Waals surface area contributed by atoms with E-state index < -0.39 is 0 Å². The molecule has 3 heteroatoms. The maximum absolute atomic E-state index is 10.2. The van der Waals surface area contributed by atoms with Crippen LogP contribution in [0.5, 0.6) is 0 Å². The summed E-state index contributed by atoms with van der Waals surface area (Å²) in [5.41, 5.74) is 1.83. The molecule has 1 rings (SSSR count). The number of amides is 1. The number of hydrogen-bond acceptors (Lipinski definition) is 1. The Morgan fingerprint density at radius 1 is 1.58 bits per heavy atom. The van der Waals surface area contributed by atoms with Crippen molar-refractivity contribution in [1.29, 1.82) is 0 Å². The highest BCUT2D eigenvalue weighted by Gasteiger charge is 1.98. The predicted octanol–water partition coefficient (Wildman–Crippen LogP) is 2.47. The molecule has 0 atom stereocenters. The van der Waals surface area contributed by atoms with E-state index in [9.17, 15) is 4.79 Å². The summed E-state index contributed by atoms with van der Waals surface area (Å²) in [6.07, 6.45) is 1.56. The molecule has 0 heterocycles. The van der Waals surface area contributed by atoms with Crippen molar-refractivity contribution >= 4 is 23.7 Å². The van der Waals surface area contributed by atoms with Gasteiger partial charge in [-0.05, 0) is 24.1 Å². The first-order valence-corrected chi connectivity index (χ1v) is 4.14. The zero-order valence-corrected chi connectivity index (χ0v) is 7.56. The molecular formula is C9H10ClNO. The summed E-state index contributed by atoms with van der Waals surface area (Å²) < 4.78 is 0. The maximum atomic E-state index is 10.2. The first-order valence-electron chi connectivity index (χ1n) is 3.76. The molecule has 1 amide bonds. The number of anilines is 1. The smallest absolute Gasteiger partial charge is 0.211 e. The van der Waals surface area contributed by atoms with Crippen molar-refractivity contribution in [2.45, 2.75) is 13.3 Å². The van der Waals surface area contributed by atoms with E-state index in [-0.39, 0.29) is 0 Å². The van der Waals surface area contributed by atoms with Gasteiger partial charge in [0.15, 0.2) is 0 Å². The van der Waals surface area contributed by atoms with Gasteiger partial charge in [0, 0.05) is 0 Å². The highest BCUT2D eigenvalue weighted by Crippen LogP contribution is 2.22. The van der Waals surface area contributed by atoms with Gasteiger partial charge < -0.3 is 5.32 Å². The number of nitrogens with one attached hydrogen (secondary N) is 1.